The first kappa shape index (κ1) is 18.6. The summed E-state index contributed by atoms with van der Waals surface area (Å²) in [5, 5.41) is 4.01. The first-order valence-electron chi connectivity index (χ1n) is 7.68. The molecule has 0 radical (unpaired) electrons. The Kier molecular flexibility index (Phi) is 6.91. The minimum atomic E-state index is -0.0654. The zero-order valence-electron chi connectivity index (χ0n) is 13.2. The van der Waals surface area contributed by atoms with Gasteiger partial charge >= 0.3 is 0 Å². The lowest BCUT2D eigenvalue weighted by Crippen LogP contribution is -2.50. The Balaban J connectivity index is 0.00000208. The Morgan fingerprint density at radius 1 is 1.17 bits per heavy atom. The number of rotatable bonds is 4. The number of hydrogen-bond acceptors (Lipinski definition) is 3. The molecule has 128 valence electrons. The van der Waals surface area contributed by atoms with Crippen LogP contribution in [0.1, 0.15) is 11.6 Å². The van der Waals surface area contributed by atoms with Crippen molar-refractivity contribution in [3.05, 3.63) is 65.2 Å². The van der Waals surface area contributed by atoms with Gasteiger partial charge < -0.3 is 15.0 Å². The number of carbonyl (C=O) groups excluding carboxylic acids is 1. The highest BCUT2D eigenvalue weighted by Gasteiger charge is 2.29. The third-order valence-electron chi connectivity index (χ3n) is 3.93. The largest absolute Gasteiger partial charge is 0.484 e. The molecule has 0 saturated carbocycles. The number of halogens is 2. The number of piperazine rings is 1. The average Bonchev–Trinajstić information content (AvgIpc) is 2.61. The quantitative estimate of drug-likeness (QED) is 0.902. The minimum Gasteiger partial charge on any atom is -0.484 e. The molecule has 1 amide bonds. The van der Waals surface area contributed by atoms with Gasteiger partial charge in [0, 0.05) is 24.7 Å². The van der Waals surface area contributed by atoms with Crippen molar-refractivity contribution in [1.82, 2.24) is 10.2 Å². The standard InChI is InChI=1S/C18H19ClN2O2.ClH/c19-16-9-5-4-8-15(16)17-12-20-10-11-21(17)18(22)13-23-14-6-2-1-3-7-14;/h1-9,17,20H,10-13H2;1H. The van der Waals surface area contributed by atoms with E-state index in [2.05, 4.69) is 5.32 Å². The van der Waals surface area contributed by atoms with Crippen molar-refractivity contribution in [3.8, 4) is 5.75 Å². The van der Waals surface area contributed by atoms with Crippen molar-refractivity contribution in [3.63, 3.8) is 0 Å². The predicted molar refractivity (Wildman–Crippen MR) is 98.0 cm³/mol. The Morgan fingerprint density at radius 2 is 1.88 bits per heavy atom. The molecule has 0 spiro atoms. The maximum absolute atomic E-state index is 12.6. The lowest BCUT2D eigenvalue weighted by molar-refractivity contribution is -0.136. The van der Waals surface area contributed by atoms with Crippen molar-refractivity contribution in [2.24, 2.45) is 0 Å². The summed E-state index contributed by atoms with van der Waals surface area (Å²) in [6.07, 6.45) is 0. The Labute approximate surface area is 153 Å². The first-order valence-corrected chi connectivity index (χ1v) is 8.06. The molecule has 1 heterocycles. The Bertz CT molecular complexity index is 667. The molecule has 0 aromatic heterocycles. The van der Waals surface area contributed by atoms with Crippen LogP contribution in [0.5, 0.6) is 5.75 Å². The van der Waals surface area contributed by atoms with Crippen LogP contribution in [0.15, 0.2) is 54.6 Å². The van der Waals surface area contributed by atoms with Crippen LogP contribution in [0, 0.1) is 0 Å². The van der Waals surface area contributed by atoms with Crippen LogP contribution >= 0.6 is 24.0 Å². The molecular formula is C18H20Cl2N2O2. The molecule has 2 aromatic carbocycles. The van der Waals surface area contributed by atoms with E-state index in [9.17, 15) is 4.79 Å². The molecule has 1 aliphatic heterocycles. The van der Waals surface area contributed by atoms with Crippen LogP contribution in [0.2, 0.25) is 5.02 Å². The fourth-order valence-electron chi connectivity index (χ4n) is 2.77. The lowest BCUT2D eigenvalue weighted by atomic mass is 10.0. The van der Waals surface area contributed by atoms with E-state index in [0.717, 1.165) is 12.1 Å². The van der Waals surface area contributed by atoms with Gasteiger partial charge in [-0.3, -0.25) is 4.79 Å². The number of carbonyl (C=O) groups is 1. The van der Waals surface area contributed by atoms with E-state index in [4.69, 9.17) is 16.3 Å². The van der Waals surface area contributed by atoms with Crippen molar-refractivity contribution in [2.75, 3.05) is 26.2 Å². The zero-order chi connectivity index (χ0) is 16.1. The summed E-state index contributed by atoms with van der Waals surface area (Å²) in [5.41, 5.74) is 0.967. The highest BCUT2D eigenvalue weighted by Crippen LogP contribution is 2.28. The van der Waals surface area contributed by atoms with E-state index in [0.29, 0.717) is 23.9 Å². The molecule has 1 unspecified atom stereocenters. The maximum Gasteiger partial charge on any atom is 0.261 e. The molecule has 0 bridgehead atoms. The summed E-state index contributed by atoms with van der Waals surface area (Å²) in [7, 11) is 0. The third kappa shape index (κ3) is 4.41. The van der Waals surface area contributed by atoms with Gasteiger partial charge in [-0.15, -0.1) is 12.4 Å². The first-order chi connectivity index (χ1) is 11.3. The van der Waals surface area contributed by atoms with Crippen molar-refractivity contribution in [2.45, 2.75) is 6.04 Å². The van der Waals surface area contributed by atoms with Crippen LogP contribution in [-0.4, -0.2) is 37.0 Å². The smallest absolute Gasteiger partial charge is 0.261 e. The van der Waals surface area contributed by atoms with E-state index in [1.54, 1.807) is 0 Å². The summed E-state index contributed by atoms with van der Waals surface area (Å²) in [6.45, 7) is 2.15. The molecule has 1 saturated heterocycles. The number of hydrogen-bond donors (Lipinski definition) is 1. The molecule has 2 aromatic rings. The molecule has 3 rings (SSSR count). The van der Waals surface area contributed by atoms with Crippen LogP contribution in [0.4, 0.5) is 0 Å². The second-order valence-corrected chi connectivity index (χ2v) is 5.84. The summed E-state index contributed by atoms with van der Waals surface area (Å²) >= 11 is 6.30. The molecule has 0 aliphatic carbocycles. The SMILES string of the molecule is Cl.O=C(COc1ccccc1)N1CCNCC1c1ccccc1Cl. The molecule has 24 heavy (non-hydrogen) atoms. The Hall–Kier alpha value is -1.75. The topological polar surface area (TPSA) is 41.6 Å². The average molecular weight is 367 g/mol. The van der Waals surface area contributed by atoms with Gasteiger partial charge in [-0.2, -0.15) is 0 Å². The molecule has 1 atom stereocenters. The van der Waals surface area contributed by atoms with Crippen molar-refractivity contribution < 1.29 is 9.53 Å². The van der Waals surface area contributed by atoms with E-state index < -0.39 is 0 Å². The summed E-state index contributed by atoms with van der Waals surface area (Å²) in [4.78, 5) is 14.4. The van der Waals surface area contributed by atoms with Gasteiger partial charge in [0.1, 0.15) is 5.75 Å². The number of para-hydroxylation sites is 1. The minimum absolute atomic E-state index is 0. The second-order valence-electron chi connectivity index (χ2n) is 5.43. The third-order valence-corrected chi connectivity index (χ3v) is 4.28. The van der Waals surface area contributed by atoms with Crippen LogP contribution in [0.25, 0.3) is 0 Å². The summed E-state index contributed by atoms with van der Waals surface area (Å²) in [5.74, 6) is 0.672. The van der Waals surface area contributed by atoms with Crippen molar-refractivity contribution in [1.29, 1.82) is 0 Å². The maximum atomic E-state index is 12.6. The summed E-state index contributed by atoms with van der Waals surface area (Å²) < 4.78 is 5.59. The fourth-order valence-corrected chi connectivity index (χ4v) is 3.03. The Morgan fingerprint density at radius 3 is 2.62 bits per heavy atom. The van der Waals surface area contributed by atoms with Gasteiger partial charge in [-0.05, 0) is 23.8 Å². The van der Waals surface area contributed by atoms with Gasteiger partial charge in [0.05, 0.1) is 6.04 Å². The zero-order valence-corrected chi connectivity index (χ0v) is 14.7. The molecular weight excluding hydrogens is 347 g/mol. The summed E-state index contributed by atoms with van der Waals surface area (Å²) in [6, 6.07) is 17.0. The predicted octanol–water partition coefficient (Wildman–Crippen LogP) is 3.31. The molecule has 6 heteroatoms. The van der Waals surface area contributed by atoms with E-state index in [1.165, 1.54) is 0 Å². The van der Waals surface area contributed by atoms with E-state index in [-0.39, 0.29) is 31.0 Å². The number of ether oxygens (including phenoxy) is 1. The normalized spacial score (nSPS) is 17.0. The van der Waals surface area contributed by atoms with Gasteiger partial charge in [0.2, 0.25) is 0 Å². The van der Waals surface area contributed by atoms with Crippen LogP contribution in [0.3, 0.4) is 0 Å². The van der Waals surface area contributed by atoms with Gasteiger partial charge in [-0.25, -0.2) is 0 Å². The molecule has 1 N–H and O–H groups in total. The second kappa shape index (κ2) is 8.92. The van der Waals surface area contributed by atoms with Gasteiger partial charge in [-0.1, -0.05) is 48.0 Å². The molecule has 4 nitrogen and oxygen atoms in total. The van der Waals surface area contributed by atoms with Gasteiger partial charge in [0.25, 0.3) is 5.91 Å². The highest BCUT2D eigenvalue weighted by molar-refractivity contribution is 6.31. The van der Waals surface area contributed by atoms with E-state index in [1.807, 2.05) is 59.5 Å². The number of benzene rings is 2. The molecule has 1 aliphatic rings. The number of nitrogens with one attached hydrogen (secondary N) is 1. The lowest BCUT2D eigenvalue weighted by Gasteiger charge is -2.36. The van der Waals surface area contributed by atoms with E-state index >= 15 is 0 Å². The fraction of sp³-hybridized carbons (Fsp3) is 0.278. The molecule has 1 fully saturated rings. The monoisotopic (exact) mass is 366 g/mol. The number of nitrogens with zero attached hydrogens (tertiary/aromatic N) is 1. The van der Waals surface area contributed by atoms with Crippen molar-refractivity contribution >= 4 is 29.9 Å². The van der Waals surface area contributed by atoms with Gasteiger partial charge in [0.15, 0.2) is 6.61 Å². The number of amides is 1. The highest BCUT2D eigenvalue weighted by atomic mass is 35.5. The van der Waals surface area contributed by atoms with Crippen LogP contribution in [-0.2, 0) is 4.79 Å². The van der Waals surface area contributed by atoms with Crippen LogP contribution < -0.4 is 10.1 Å².